The fourth-order valence-corrected chi connectivity index (χ4v) is 2.61. The molecule has 0 radical (unpaired) electrons. The molecule has 1 unspecified atom stereocenters. The molecule has 2 fully saturated rings. The Morgan fingerprint density at radius 2 is 1.67 bits per heavy atom. The van der Waals surface area contributed by atoms with E-state index in [4.69, 9.17) is 0 Å². The molecule has 1 aliphatic carbocycles. The Morgan fingerprint density at radius 1 is 1.05 bits per heavy atom. The summed E-state index contributed by atoms with van der Waals surface area (Å²) in [6, 6.07) is 0. The standard InChI is InChI=1S/C14H24N2O5/c17-7-14(8-18,9-19)15-12(20)11-2-1-5-16(6-11)13(21)10-3-4-10/h10-11,17-19H,1-9H2,(H,15,20). The van der Waals surface area contributed by atoms with E-state index in [-0.39, 0.29) is 23.7 Å². The van der Waals surface area contributed by atoms with Crippen LogP contribution in [0.5, 0.6) is 0 Å². The van der Waals surface area contributed by atoms with Gasteiger partial charge < -0.3 is 25.5 Å². The number of carbonyl (C=O) groups is 2. The highest BCUT2D eigenvalue weighted by atomic mass is 16.3. The topological polar surface area (TPSA) is 110 Å². The van der Waals surface area contributed by atoms with Gasteiger partial charge >= 0.3 is 0 Å². The van der Waals surface area contributed by atoms with Gasteiger partial charge in [0.15, 0.2) is 0 Å². The van der Waals surface area contributed by atoms with Crippen LogP contribution in [0.15, 0.2) is 0 Å². The van der Waals surface area contributed by atoms with Crippen LogP contribution in [0.3, 0.4) is 0 Å². The molecular weight excluding hydrogens is 276 g/mol. The predicted molar refractivity (Wildman–Crippen MR) is 74.2 cm³/mol. The quantitative estimate of drug-likeness (QED) is 0.475. The minimum absolute atomic E-state index is 0.130. The Bertz CT molecular complexity index is 385. The zero-order valence-corrected chi connectivity index (χ0v) is 12.1. The summed E-state index contributed by atoms with van der Waals surface area (Å²) in [5.41, 5.74) is -1.40. The van der Waals surface area contributed by atoms with E-state index in [9.17, 15) is 24.9 Å². The molecule has 1 aliphatic heterocycles. The number of nitrogens with zero attached hydrogens (tertiary/aromatic N) is 1. The monoisotopic (exact) mass is 300 g/mol. The first kappa shape index (κ1) is 16.2. The number of likely N-dealkylation sites (tertiary alicyclic amines) is 1. The van der Waals surface area contributed by atoms with Crippen molar-refractivity contribution >= 4 is 11.8 Å². The molecule has 1 saturated carbocycles. The summed E-state index contributed by atoms with van der Waals surface area (Å²) in [5, 5.41) is 30.3. The smallest absolute Gasteiger partial charge is 0.225 e. The molecule has 2 aliphatic rings. The van der Waals surface area contributed by atoms with E-state index in [1.165, 1.54) is 0 Å². The first-order valence-corrected chi connectivity index (χ1v) is 7.48. The Morgan fingerprint density at radius 3 is 2.19 bits per heavy atom. The largest absolute Gasteiger partial charge is 0.394 e. The van der Waals surface area contributed by atoms with Crippen molar-refractivity contribution in [1.82, 2.24) is 10.2 Å². The summed E-state index contributed by atoms with van der Waals surface area (Å²) in [7, 11) is 0. The first-order valence-electron chi connectivity index (χ1n) is 7.48. The number of carbonyl (C=O) groups excluding carboxylic acids is 2. The van der Waals surface area contributed by atoms with E-state index >= 15 is 0 Å². The van der Waals surface area contributed by atoms with E-state index in [2.05, 4.69) is 5.32 Å². The van der Waals surface area contributed by atoms with E-state index in [0.717, 1.165) is 19.3 Å². The maximum atomic E-state index is 12.3. The number of hydrogen-bond acceptors (Lipinski definition) is 5. The van der Waals surface area contributed by atoms with Gasteiger partial charge in [-0.1, -0.05) is 0 Å². The molecule has 4 N–H and O–H groups in total. The number of aliphatic hydroxyl groups excluding tert-OH is 3. The minimum atomic E-state index is -1.40. The summed E-state index contributed by atoms with van der Waals surface area (Å²) in [5.74, 6) is -0.422. The van der Waals surface area contributed by atoms with E-state index in [0.29, 0.717) is 19.5 Å². The second-order valence-electron chi connectivity index (χ2n) is 6.14. The average molecular weight is 300 g/mol. The lowest BCUT2D eigenvalue weighted by atomic mass is 9.94. The number of hydrogen-bond donors (Lipinski definition) is 4. The summed E-state index contributed by atoms with van der Waals surface area (Å²) in [6.45, 7) is -0.556. The van der Waals surface area contributed by atoms with Gasteiger partial charge in [0.05, 0.1) is 25.7 Å². The lowest BCUT2D eigenvalue weighted by Gasteiger charge is -2.35. The number of amides is 2. The Balaban J connectivity index is 1.93. The van der Waals surface area contributed by atoms with Crippen molar-refractivity contribution in [2.75, 3.05) is 32.9 Å². The third-order valence-corrected chi connectivity index (χ3v) is 4.33. The van der Waals surface area contributed by atoms with Crippen molar-refractivity contribution in [3.05, 3.63) is 0 Å². The Hall–Kier alpha value is -1.18. The van der Waals surface area contributed by atoms with Gasteiger partial charge in [0.25, 0.3) is 0 Å². The molecule has 0 aromatic carbocycles. The van der Waals surface area contributed by atoms with Crippen LogP contribution in [0.2, 0.25) is 0 Å². The molecule has 0 spiro atoms. The maximum Gasteiger partial charge on any atom is 0.225 e. The molecule has 7 heteroatoms. The van der Waals surface area contributed by atoms with Crippen LogP contribution in [0.4, 0.5) is 0 Å². The number of rotatable bonds is 6. The molecular formula is C14H24N2O5. The van der Waals surface area contributed by atoms with Gasteiger partial charge in [-0.2, -0.15) is 0 Å². The second kappa shape index (κ2) is 6.72. The van der Waals surface area contributed by atoms with Gasteiger partial charge in [-0.15, -0.1) is 0 Å². The highest BCUT2D eigenvalue weighted by Gasteiger charge is 2.38. The second-order valence-corrected chi connectivity index (χ2v) is 6.14. The van der Waals surface area contributed by atoms with Crippen LogP contribution in [-0.2, 0) is 9.59 Å². The maximum absolute atomic E-state index is 12.3. The zero-order chi connectivity index (χ0) is 15.5. The molecule has 1 saturated heterocycles. The van der Waals surface area contributed by atoms with E-state index in [1.807, 2.05) is 0 Å². The normalized spacial score (nSPS) is 23.0. The third-order valence-electron chi connectivity index (χ3n) is 4.33. The average Bonchev–Trinajstić information content (AvgIpc) is 3.37. The highest BCUT2D eigenvalue weighted by Crippen LogP contribution is 2.32. The molecule has 0 aromatic heterocycles. The lowest BCUT2D eigenvalue weighted by Crippen LogP contribution is -2.59. The molecule has 2 rings (SSSR count). The highest BCUT2D eigenvalue weighted by molar-refractivity contribution is 5.83. The SMILES string of the molecule is O=C(NC(CO)(CO)CO)C1CCCN(C(=O)C2CC2)C1. The van der Waals surface area contributed by atoms with Crippen molar-refractivity contribution < 1.29 is 24.9 Å². The summed E-state index contributed by atoms with van der Waals surface area (Å²) in [6.07, 6.45) is 3.31. The van der Waals surface area contributed by atoms with Crippen LogP contribution < -0.4 is 5.32 Å². The van der Waals surface area contributed by atoms with Crippen LogP contribution >= 0.6 is 0 Å². The number of piperidine rings is 1. The molecule has 0 aromatic rings. The molecule has 0 bridgehead atoms. The van der Waals surface area contributed by atoms with Crippen LogP contribution in [0.25, 0.3) is 0 Å². The van der Waals surface area contributed by atoms with Gasteiger partial charge in [0.1, 0.15) is 5.54 Å². The van der Waals surface area contributed by atoms with Crippen LogP contribution in [0, 0.1) is 11.8 Å². The third kappa shape index (κ3) is 3.72. The van der Waals surface area contributed by atoms with Crippen molar-refractivity contribution in [2.45, 2.75) is 31.2 Å². The van der Waals surface area contributed by atoms with Crippen LogP contribution in [-0.4, -0.2) is 70.5 Å². The van der Waals surface area contributed by atoms with E-state index in [1.54, 1.807) is 4.90 Å². The van der Waals surface area contributed by atoms with Crippen LogP contribution in [0.1, 0.15) is 25.7 Å². The van der Waals surface area contributed by atoms with Gasteiger partial charge in [-0.3, -0.25) is 9.59 Å². The molecule has 1 atom stereocenters. The van der Waals surface area contributed by atoms with Gasteiger partial charge in [-0.05, 0) is 25.7 Å². The fraction of sp³-hybridized carbons (Fsp3) is 0.857. The van der Waals surface area contributed by atoms with Crippen molar-refractivity contribution in [3.8, 4) is 0 Å². The summed E-state index contributed by atoms with van der Waals surface area (Å²) >= 11 is 0. The Labute approximate surface area is 123 Å². The fourth-order valence-electron chi connectivity index (χ4n) is 2.61. The molecule has 2 amide bonds. The molecule has 1 heterocycles. The van der Waals surface area contributed by atoms with Crippen molar-refractivity contribution in [2.24, 2.45) is 11.8 Å². The number of aliphatic hydroxyl groups is 3. The minimum Gasteiger partial charge on any atom is -0.394 e. The van der Waals surface area contributed by atoms with Crippen molar-refractivity contribution in [1.29, 1.82) is 0 Å². The van der Waals surface area contributed by atoms with E-state index < -0.39 is 25.4 Å². The van der Waals surface area contributed by atoms with Crippen molar-refractivity contribution in [3.63, 3.8) is 0 Å². The van der Waals surface area contributed by atoms with Gasteiger partial charge in [-0.25, -0.2) is 0 Å². The molecule has 21 heavy (non-hydrogen) atoms. The van der Waals surface area contributed by atoms with Gasteiger partial charge in [0, 0.05) is 19.0 Å². The molecule has 120 valence electrons. The van der Waals surface area contributed by atoms with Gasteiger partial charge in [0.2, 0.25) is 11.8 Å². The lowest BCUT2D eigenvalue weighted by molar-refractivity contribution is -0.138. The summed E-state index contributed by atoms with van der Waals surface area (Å²) < 4.78 is 0. The first-order chi connectivity index (χ1) is 10.0. The molecule has 7 nitrogen and oxygen atoms in total. The number of nitrogens with one attached hydrogen (secondary N) is 1. The summed E-state index contributed by atoms with van der Waals surface area (Å²) in [4.78, 5) is 26.1. The zero-order valence-electron chi connectivity index (χ0n) is 12.1. The Kier molecular flexibility index (Phi) is 5.18. The predicted octanol–water partition coefficient (Wildman–Crippen LogP) is -1.53.